The van der Waals surface area contributed by atoms with Crippen molar-refractivity contribution >= 4 is 0 Å². The highest BCUT2D eigenvalue weighted by Crippen LogP contribution is 2.54. The smallest absolute Gasteiger partial charge is 0.201 e. The van der Waals surface area contributed by atoms with Crippen LogP contribution in [0.5, 0.6) is 34.5 Å². The van der Waals surface area contributed by atoms with Crippen LogP contribution in [0.15, 0.2) is 18.2 Å². The van der Waals surface area contributed by atoms with E-state index in [2.05, 4.69) is 0 Å². The van der Waals surface area contributed by atoms with E-state index in [4.69, 9.17) is 28.4 Å². The number of phenolic OH excluding ortho intramolecular Hbond substituents is 2. The first-order chi connectivity index (χ1) is 19.6. The van der Waals surface area contributed by atoms with Gasteiger partial charge in [0, 0.05) is 18.1 Å². The summed E-state index contributed by atoms with van der Waals surface area (Å²) >= 11 is 0. The Balaban J connectivity index is 1.80. The normalized spacial score (nSPS) is 29.5. The summed E-state index contributed by atoms with van der Waals surface area (Å²) in [7, 11) is 5.61. The molecule has 0 amide bonds. The number of aromatic hydroxyl groups is 2. The second-order valence-corrected chi connectivity index (χ2v) is 10.1. The van der Waals surface area contributed by atoms with Crippen LogP contribution in [0, 0.1) is 11.8 Å². The summed E-state index contributed by atoms with van der Waals surface area (Å²) in [5, 5.41) is 72.5. The zero-order chi connectivity index (χ0) is 30.0. The van der Waals surface area contributed by atoms with Crippen molar-refractivity contribution in [1.82, 2.24) is 0 Å². The van der Waals surface area contributed by atoms with E-state index in [0.29, 0.717) is 17.5 Å². The summed E-state index contributed by atoms with van der Waals surface area (Å²) in [5.41, 5.74) is 1.89. The van der Waals surface area contributed by atoms with E-state index in [9.17, 15) is 35.7 Å². The summed E-state index contributed by atoms with van der Waals surface area (Å²) < 4.78 is 33.2. The topological polar surface area (TPSA) is 197 Å². The van der Waals surface area contributed by atoms with Gasteiger partial charge in [-0.05, 0) is 47.6 Å². The van der Waals surface area contributed by atoms with Gasteiger partial charge in [-0.25, -0.2) is 0 Å². The molecule has 41 heavy (non-hydrogen) atoms. The van der Waals surface area contributed by atoms with Crippen molar-refractivity contribution in [3.8, 4) is 34.5 Å². The Bertz CT molecular complexity index is 1180. The lowest BCUT2D eigenvalue weighted by molar-refractivity contribution is -0.304. The number of aliphatic hydroxyl groups is 5. The number of hydrogen-bond donors (Lipinski definition) is 7. The minimum Gasteiger partial charge on any atom is -0.502 e. The van der Waals surface area contributed by atoms with Crippen LogP contribution in [0.4, 0.5) is 0 Å². The molecule has 2 aromatic rings. The van der Waals surface area contributed by atoms with Crippen LogP contribution in [0.3, 0.4) is 0 Å². The Labute approximate surface area is 237 Å². The largest absolute Gasteiger partial charge is 0.502 e. The lowest BCUT2D eigenvalue weighted by atomic mass is 9.66. The highest BCUT2D eigenvalue weighted by Gasteiger charge is 2.46. The fourth-order valence-corrected chi connectivity index (χ4v) is 5.85. The van der Waals surface area contributed by atoms with Crippen LogP contribution in [0.2, 0.25) is 0 Å². The molecule has 7 N–H and O–H groups in total. The lowest BCUT2D eigenvalue weighted by Gasteiger charge is -2.42. The number of benzene rings is 2. The van der Waals surface area contributed by atoms with Crippen molar-refractivity contribution < 1.29 is 64.2 Å². The van der Waals surface area contributed by atoms with E-state index in [0.717, 1.165) is 5.56 Å². The maximum atomic E-state index is 10.9. The summed E-state index contributed by atoms with van der Waals surface area (Å²) in [6, 6.07) is 4.89. The van der Waals surface area contributed by atoms with Crippen LogP contribution in [0.1, 0.15) is 22.6 Å². The molecule has 0 bridgehead atoms. The van der Waals surface area contributed by atoms with Crippen molar-refractivity contribution in [2.24, 2.45) is 11.8 Å². The van der Waals surface area contributed by atoms with Crippen LogP contribution in [-0.4, -0.2) is 115 Å². The quantitative estimate of drug-likeness (QED) is 0.196. The molecule has 13 heteroatoms. The van der Waals surface area contributed by atoms with Gasteiger partial charge in [-0.3, -0.25) is 0 Å². The second-order valence-electron chi connectivity index (χ2n) is 10.1. The molecule has 1 aliphatic carbocycles. The SMILES string of the molecule is COc1cc([C@@H]2c3c(cc(OC)c(O)c3OC)C[C@@H](CO[C@@H]3O[C@H](CO)[C@@H](O)[C@H](O)[C@H]3O)[C@H]2CO)cc(OC)c1O. The first-order valence-corrected chi connectivity index (χ1v) is 13.1. The molecule has 13 nitrogen and oxygen atoms in total. The van der Waals surface area contributed by atoms with Gasteiger partial charge in [-0.15, -0.1) is 0 Å². The lowest BCUT2D eigenvalue weighted by Crippen LogP contribution is -2.59. The molecule has 1 heterocycles. The average Bonchev–Trinajstić information content (AvgIpc) is 2.98. The van der Waals surface area contributed by atoms with E-state index >= 15 is 0 Å². The van der Waals surface area contributed by atoms with Crippen molar-refractivity contribution in [3.63, 3.8) is 0 Å². The van der Waals surface area contributed by atoms with Gasteiger partial charge in [0.25, 0.3) is 0 Å². The molecular formula is C28H38O13. The van der Waals surface area contributed by atoms with Crippen LogP contribution in [0.25, 0.3) is 0 Å². The Hall–Kier alpha value is -3.04. The first-order valence-electron chi connectivity index (χ1n) is 13.1. The van der Waals surface area contributed by atoms with Gasteiger partial charge in [0.1, 0.15) is 24.4 Å². The van der Waals surface area contributed by atoms with Crippen molar-refractivity contribution in [3.05, 3.63) is 34.9 Å². The summed E-state index contributed by atoms with van der Waals surface area (Å²) in [6.45, 7) is -1.01. The molecule has 0 unspecified atom stereocenters. The van der Waals surface area contributed by atoms with Gasteiger partial charge in [0.15, 0.2) is 29.3 Å². The molecule has 228 valence electrons. The number of ether oxygens (including phenoxy) is 6. The highest BCUT2D eigenvalue weighted by atomic mass is 16.7. The van der Waals surface area contributed by atoms with Crippen molar-refractivity contribution in [2.45, 2.75) is 43.0 Å². The third-order valence-corrected chi connectivity index (χ3v) is 7.99. The van der Waals surface area contributed by atoms with E-state index in [-0.39, 0.29) is 47.7 Å². The number of aliphatic hydroxyl groups excluding tert-OH is 5. The van der Waals surface area contributed by atoms with E-state index in [1.165, 1.54) is 28.4 Å². The van der Waals surface area contributed by atoms with Gasteiger partial charge < -0.3 is 64.2 Å². The predicted octanol–water partition coefficient (Wildman–Crippen LogP) is -0.139. The van der Waals surface area contributed by atoms with Gasteiger partial charge in [0.05, 0.1) is 41.7 Å². The molecule has 0 aromatic heterocycles. The van der Waals surface area contributed by atoms with E-state index in [1.807, 2.05) is 0 Å². The molecule has 4 rings (SSSR count). The molecule has 8 atom stereocenters. The van der Waals surface area contributed by atoms with E-state index < -0.39 is 55.1 Å². The Morgan fingerprint density at radius 3 is 1.93 bits per heavy atom. The molecule has 1 aliphatic heterocycles. The minimum atomic E-state index is -1.60. The summed E-state index contributed by atoms with van der Waals surface area (Å²) in [4.78, 5) is 0. The molecule has 1 fully saturated rings. The van der Waals surface area contributed by atoms with Gasteiger partial charge in [-0.1, -0.05) is 0 Å². The van der Waals surface area contributed by atoms with Gasteiger partial charge >= 0.3 is 0 Å². The third-order valence-electron chi connectivity index (χ3n) is 7.99. The second kappa shape index (κ2) is 12.9. The zero-order valence-corrected chi connectivity index (χ0v) is 23.3. The average molecular weight is 583 g/mol. The molecular weight excluding hydrogens is 544 g/mol. The summed E-state index contributed by atoms with van der Waals surface area (Å²) in [6.07, 6.45) is -6.89. The van der Waals surface area contributed by atoms with Crippen molar-refractivity contribution in [2.75, 3.05) is 48.3 Å². The number of rotatable bonds is 10. The zero-order valence-electron chi connectivity index (χ0n) is 23.3. The molecule has 0 radical (unpaired) electrons. The fraction of sp³-hybridized carbons (Fsp3) is 0.571. The van der Waals surface area contributed by atoms with Crippen molar-refractivity contribution in [1.29, 1.82) is 0 Å². The maximum Gasteiger partial charge on any atom is 0.201 e. The van der Waals surface area contributed by atoms with E-state index in [1.54, 1.807) is 18.2 Å². The Morgan fingerprint density at radius 2 is 1.39 bits per heavy atom. The van der Waals surface area contributed by atoms with Crippen LogP contribution in [-0.2, 0) is 15.9 Å². The van der Waals surface area contributed by atoms with Crippen LogP contribution >= 0.6 is 0 Å². The van der Waals surface area contributed by atoms with Crippen LogP contribution < -0.4 is 18.9 Å². The highest BCUT2D eigenvalue weighted by molar-refractivity contribution is 5.64. The Morgan fingerprint density at radius 1 is 0.780 bits per heavy atom. The number of fused-ring (bicyclic) bond motifs is 1. The maximum absolute atomic E-state index is 10.9. The summed E-state index contributed by atoms with van der Waals surface area (Å²) in [5.74, 6) is -1.45. The molecule has 0 saturated carbocycles. The number of methoxy groups -OCH3 is 4. The molecule has 2 aliphatic rings. The monoisotopic (exact) mass is 582 g/mol. The van der Waals surface area contributed by atoms with Gasteiger partial charge in [0.2, 0.25) is 11.5 Å². The molecule has 1 saturated heterocycles. The van der Waals surface area contributed by atoms with Gasteiger partial charge in [-0.2, -0.15) is 0 Å². The molecule has 0 spiro atoms. The molecule has 2 aromatic carbocycles. The Kier molecular flexibility index (Phi) is 9.70. The fourth-order valence-electron chi connectivity index (χ4n) is 5.85. The minimum absolute atomic E-state index is 0.0677. The standard InChI is InChI=1S/C28H38O13/c1-36-16-7-13(8-17(37-2)22(16)31)20-15(9-29)14(5-12-6-18(38-3)24(33)27(39-4)21(12)20)11-40-28-26(35)25(34)23(32)19(10-30)41-28/h6-8,14-15,19-20,23,25-26,28-35H,5,9-11H2,1-4H3/t14-,15+,19+,20-,23+,25-,26+,28+/m0/s1. The number of hydrogen-bond acceptors (Lipinski definition) is 13. The number of phenols is 2. The predicted molar refractivity (Wildman–Crippen MR) is 142 cm³/mol. The third kappa shape index (κ3) is 5.58. The first kappa shape index (κ1) is 30.9.